The molecule has 3 aliphatic rings. The van der Waals surface area contributed by atoms with Gasteiger partial charge in [0.25, 0.3) is 0 Å². The Morgan fingerprint density at radius 2 is 1.85 bits per heavy atom. The van der Waals surface area contributed by atoms with E-state index in [0.29, 0.717) is 13.2 Å². The van der Waals surface area contributed by atoms with Crippen molar-refractivity contribution in [3.8, 4) is 0 Å². The number of carbonyl (C=O) groups excluding carboxylic acids is 1. The number of ether oxygens (including phenoxy) is 2. The largest absolute Gasteiger partial charge is 0.344 e. The van der Waals surface area contributed by atoms with E-state index in [-0.39, 0.29) is 5.41 Å². The van der Waals surface area contributed by atoms with E-state index in [1.54, 1.807) is 0 Å². The summed E-state index contributed by atoms with van der Waals surface area (Å²) in [5.41, 5.74) is 3.30. The molecule has 1 aromatic carbocycles. The first-order valence-corrected chi connectivity index (χ1v) is 7.33. The molecular weight excluding hydrogens is 252 g/mol. The van der Waals surface area contributed by atoms with Crippen LogP contribution in [0.2, 0.25) is 0 Å². The van der Waals surface area contributed by atoms with Crippen molar-refractivity contribution in [3.05, 3.63) is 41.5 Å². The van der Waals surface area contributed by atoms with Gasteiger partial charge in [-0.15, -0.1) is 0 Å². The van der Waals surface area contributed by atoms with Gasteiger partial charge in [0.05, 0.1) is 18.6 Å². The van der Waals surface area contributed by atoms with Gasteiger partial charge in [-0.25, -0.2) is 0 Å². The van der Waals surface area contributed by atoms with Gasteiger partial charge < -0.3 is 14.3 Å². The zero-order valence-electron chi connectivity index (χ0n) is 11.4. The third kappa shape index (κ3) is 1.63. The zero-order valence-corrected chi connectivity index (χ0v) is 11.4. The molecule has 0 aromatic heterocycles. The minimum absolute atomic E-state index is 0.338. The minimum atomic E-state index is -0.591. The van der Waals surface area contributed by atoms with Crippen molar-refractivity contribution in [1.29, 1.82) is 0 Å². The molecule has 0 radical (unpaired) electrons. The van der Waals surface area contributed by atoms with Crippen LogP contribution in [0.1, 0.15) is 30.4 Å². The van der Waals surface area contributed by atoms with Crippen molar-refractivity contribution in [1.82, 2.24) is 0 Å². The second-order valence-corrected chi connectivity index (χ2v) is 6.00. The molecular formula is C17H18O3. The SMILES string of the molecule is O=CC12CCc3ccccc3C1=CC1(CC2)OCCO1. The molecule has 1 fully saturated rings. The van der Waals surface area contributed by atoms with E-state index >= 15 is 0 Å². The van der Waals surface area contributed by atoms with E-state index in [4.69, 9.17) is 9.47 Å². The fraction of sp³-hybridized carbons (Fsp3) is 0.471. The van der Waals surface area contributed by atoms with Gasteiger partial charge in [0, 0.05) is 6.42 Å². The molecule has 1 heterocycles. The van der Waals surface area contributed by atoms with Crippen LogP contribution in [0, 0.1) is 5.41 Å². The number of hydrogen-bond acceptors (Lipinski definition) is 3. The summed E-state index contributed by atoms with van der Waals surface area (Å²) in [4.78, 5) is 11.8. The Hall–Kier alpha value is -1.45. The Labute approximate surface area is 118 Å². The lowest BCUT2D eigenvalue weighted by atomic mass is 9.63. The van der Waals surface area contributed by atoms with E-state index in [2.05, 4.69) is 24.3 Å². The summed E-state index contributed by atoms with van der Waals surface area (Å²) in [6.07, 6.45) is 6.69. The minimum Gasteiger partial charge on any atom is -0.344 e. The van der Waals surface area contributed by atoms with Crippen LogP contribution >= 0.6 is 0 Å². The maximum atomic E-state index is 11.8. The molecule has 4 rings (SSSR count). The molecule has 20 heavy (non-hydrogen) atoms. The Kier molecular flexibility index (Phi) is 2.63. The molecule has 3 heteroatoms. The molecule has 3 nitrogen and oxygen atoms in total. The number of rotatable bonds is 1. The fourth-order valence-electron chi connectivity index (χ4n) is 3.81. The summed E-state index contributed by atoms with van der Waals surface area (Å²) < 4.78 is 11.6. The summed E-state index contributed by atoms with van der Waals surface area (Å²) in [6, 6.07) is 8.38. The predicted molar refractivity (Wildman–Crippen MR) is 75.1 cm³/mol. The lowest BCUT2D eigenvalue weighted by Crippen LogP contribution is -2.40. The molecule has 1 aromatic rings. The summed E-state index contributed by atoms with van der Waals surface area (Å²) in [5.74, 6) is -0.591. The van der Waals surface area contributed by atoms with Crippen molar-refractivity contribution in [2.75, 3.05) is 13.2 Å². The number of fused-ring (bicyclic) bond motifs is 3. The smallest absolute Gasteiger partial charge is 0.188 e. The molecule has 1 aliphatic heterocycles. The molecule has 1 unspecified atom stereocenters. The fourth-order valence-corrected chi connectivity index (χ4v) is 3.81. The number of aryl methyl sites for hydroxylation is 1. The third-order valence-corrected chi connectivity index (χ3v) is 4.97. The van der Waals surface area contributed by atoms with Crippen LogP contribution in [-0.4, -0.2) is 25.3 Å². The molecule has 0 N–H and O–H groups in total. The molecule has 0 amide bonds. The van der Waals surface area contributed by atoms with Crippen LogP contribution < -0.4 is 0 Å². The average Bonchev–Trinajstić information content (AvgIpc) is 2.96. The number of allylic oxidation sites excluding steroid dienone is 1. The molecule has 2 aliphatic carbocycles. The highest BCUT2D eigenvalue weighted by molar-refractivity contribution is 5.88. The summed E-state index contributed by atoms with van der Waals surface area (Å²) in [6.45, 7) is 1.28. The Morgan fingerprint density at radius 3 is 2.65 bits per heavy atom. The molecule has 1 atom stereocenters. The van der Waals surface area contributed by atoms with Gasteiger partial charge in [0.2, 0.25) is 0 Å². The van der Waals surface area contributed by atoms with Gasteiger partial charge in [-0.1, -0.05) is 24.3 Å². The van der Waals surface area contributed by atoms with Gasteiger partial charge in [-0.05, 0) is 42.0 Å². The van der Waals surface area contributed by atoms with Crippen molar-refractivity contribution in [2.24, 2.45) is 5.41 Å². The van der Waals surface area contributed by atoms with E-state index in [1.165, 1.54) is 11.1 Å². The Balaban J connectivity index is 1.89. The molecule has 0 bridgehead atoms. The van der Waals surface area contributed by atoms with Gasteiger partial charge in [-0.2, -0.15) is 0 Å². The van der Waals surface area contributed by atoms with Gasteiger partial charge >= 0.3 is 0 Å². The summed E-state index contributed by atoms with van der Waals surface area (Å²) in [7, 11) is 0. The highest BCUT2D eigenvalue weighted by atomic mass is 16.7. The summed E-state index contributed by atoms with van der Waals surface area (Å²) >= 11 is 0. The van der Waals surface area contributed by atoms with Gasteiger partial charge in [-0.3, -0.25) is 0 Å². The number of benzene rings is 1. The number of hydrogen-bond donors (Lipinski definition) is 0. The molecule has 0 saturated carbocycles. The highest BCUT2D eigenvalue weighted by Crippen LogP contribution is 2.52. The molecule has 104 valence electrons. The van der Waals surface area contributed by atoms with Crippen LogP contribution in [0.4, 0.5) is 0 Å². The molecule has 1 spiro atoms. The second kappa shape index (κ2) is 4.27. The highest BCUT2D eigenvalue weighted by Gasteiger charge is 2.48. The predicted octanol–water partition coefficient (Wildman–Crippen LogP) is 2.74. The maximum Gasteiger partial charge on any atom is 0.188 e. The van der Waals surface area contributed by atoms with Crippen LogP contribution in [0.15, 0.2) is 30.3 Å². The quantitative estimate of drug-likeness (QED) is 0.736. The van der Waals surface area contributed by atoms with E-state index in [1.807, 2.05) is 6.07 Å². The third-order valence-electron chi connectivity index (χ3n) is 4.97. The first kappa shape index (κ1) is 12.3. The maximum absolute atomic E-state index is 11.8. The van der Waals surface area contributed by atoms with Crippen LogP contribution in [-0.2, 0) is 20.7 Å². The lowest BCUT2D eigenvalue weighted by Gasteiger charge is -2.43. The Bertz CT molecular complexity index is 584. The normalized spacial score (nSPS) is 30.5. The van der Waals surface area contributed by atoms with E-state index in [9.17, 15) is 4.79 Å². The molecule has 1 saturated heterocycles. The number of carbonyl (C=O) groups is 1. The van der Waals surface area contributed by atoms with Gasteiger partial charge in [0.1, 0.15) is 6.29 Å². The second-order valence-electron chi connectivity index (χ2n) is 6.00. The van der Waals surface area contributed by atoms with E-state index in [0.717, 1.165) is 37.5 Å². The zero-order chi connectivity index (χ0) is 13.6. The van der Waals surface area contributed by atoms with Crippen LogP contribution in [0.5, 0.6) is 0 Å². The number of aldehydes is 1. The van der Waals surface area contributed by atoms with Crippen molar-refractivity contribution in [2.45, 2.75) is 31.5 Å². The topological polar surface area (TPSA) is 35.5 Å². The van der Waals surface area contributed by atoms with Crippen molar-refractivity contribution < 1.29 is 14.3 Å². The first-order valence-electron chi connectivity index (χ1n) is 7.33. The first-order chi connectivity index (χ1) is 9.77. The standard InChI is InChI=1S/C17H18O3/c18-12-16-6-5-13-3-1-2-4-14(13)15(16)11-17(8-7-16)19-9-10-20-17/h1-4,11-12H,5-10H2. The van der Waals surface area contributed by atoms with Crippen molar-refractivity contribution >= 4 is 11.9 Å². The average molecular weight is 270 g/mol. The van der Waals surface area contributed by atoms with Crippen LogP contribution in [0.25, 0.3) is 5.57 Å². The van der Waals surface area contributed by atoms with Gasteiger partial charge in [0.15, 0.2) is 5.79 Å². The van der Waals surface area contributed by atoms with Crippen molar-refractivity contribution in [3.63, 3.8) is 0 Å². The lowest BCUT2D eigenvalue weighted by molar-refractivity contribution is -0.134. The summed E-state index contributed by atoms with van der Waals surface area (Å²) in [5, 5.41) is 0. The van der Waals surface area contributed by atoms with Crippen LogP contribution in [0.3, 0.4) is 0 Å². The Morgan fingerprint density at radius 1 is 1.05 bits per heavy atom. The van der Waals surface area contributed by atoms with E-state index < -0.39 is 5.79 Å². The monoisotopic (exact) mass is 270 g/mol.